The fraction of sp³-hybridized carbons (Fsp3) is 0.227. The van der Waals surface area contributed by atoms with Crippen molar-refractivity contribution in [2.75, 3.05) is 34.7 Å². The van der Waals surface area contributed by atoms with Gasteiger partial charge in [0.05, 0.1) is 16.3 Å². The third-order valence-electron chi connectivity index (χ3n) is 5.70. The molecule has 11 heteroatoms. The highest BCUT2D eigenvalue weighted by Crippen LogP contribution is 2.36. The summed E-state index contributed by atoms with van der Waals surface area (Å²) in [6, 6.07) is 10.1. The average Bonchev–Trinajstić information content (AvgIpc) is 3.42. The largest absolute Gasteiger partial charge is 0.482 e. The number of sulfonamides is 1. The maximum Gasteiger partial charge on any atom is 0.264 e. The number of fused-ring (bicyclic) bond motifs is 2. The van der Waals surface area contributed by atoms with E-state index in [1.54, 1.807) is 41.6 Å². The summed E-state index contributed by atoms with van der Waals surface area (Å²) in [7, 11) is -2.17. The highest BCUT2D eigenvalue weighted by Gasteiger charge is 2.26. The smallest absolute Gasteiger partial charge is 0.264 e. The first kappa shape index (κ1) is 21.4. The van der Waals surface area contributed by atoms with Crippen molar-refractivity contribution in [3.63, 3.8) is 0 Å². The molecule has 0 atom stereocenters. The number of hydrogen-bond acceptors (Lipinski definition) is 7. The number of carbonyl (C=O) groups excluding carboxylic acids is 2. The molecule has 1 N–H and O–H groups in total. The fourth-order valence-corrected chi connectivity index (χ4v) is 5.95. The van der Waals surface area contributed by atoms with Gasteiger partial charge in [-0.1, -0.05) is 0 Å². The lowest BCUT2D eigenvalue weighted by Gasteiger charge is -2.26. The molecule has 2 amide bonds. The molecule has 0 aliphatic carbocycles. The van der Waals surface area contributed by atoms with Gasteiger partial charge in [-0.15, -0.1) is 11.3 Å². The number of thiazole rings is 1. The van der Waals surface area contributed by atoms with Crippen LogP contribution >= 0.6 is 11.3 Å². The van der Waals surface area contributed by atoms with Crippen LogP contribution in [-0.4, -0.2) is 45.4 Å². The van der Waals surface area contributed by atoms with Crippen LogP contribution in [0.3, 0.4) is 0 Å². The first-order chi connectivity index (χ1) is 15.7. The highest BCUT2D eigenvalue weighted by atomic mass is 32.2. The predicted octanol–water partition coefficient (Wildman–Crippen LogP) is 2.88. The van der Waals surface area contributed by atoms with Gasteiger partial charge in [0.25, 0.3) is 15.9 Å². The van der Waals surface area contributed by atoms with Crippen LogP contribution in [0.4, 0.5) is 16.5 Å². The Balaban J connectivity index is 1.38. The molecule has 3 aromatic rings. The Labute approximate surface area is 194 Å². The number of benzene rings is 2. The molecular formula is C22H20N4O5S2. The van der Waals surface area contributed by atoms with Crippen molar-refractivity contribution in [2.45, 2.75) is 18.2 Å². The lowest BCUT2D eigenvalue weighted by molar-refractivity contribution is -0.121. The predicted molar refractivity (Wildman–Crippen MR) is 125 cm³/mol. The second kappa shape index (κ2) is 7.85. The zero-order valence-electron chi connectivity index (χ0n) is 17.9. The molecule has 0 saturated heterocycles. The molecule has 5 rings (SSSR count). The zero-order chi connectivity index (χ0) is 23.3. The topological polar surface area (TPSA) is 109 Å². The van der Waals surface area contributed by atoms with Gasteiger partial charge in [0, 0.05) is 37.1 Å². The summed E-state index contributed by atoms with van der Waals surface area (Å²) in [4.78, 5) is 31.3. The highest BCUT2D eigenvalue weighted by molar-refractivity contribution is 7.93. The minimum Gasteiger partial charge on any atom is -0.482 e. The van der Waals surface area contributed by atoms with Gasteiger partial charge < -0.3 is 14.5 Å². The van der Waals surface area contributed by atoms with Crippen LogP contribution in [0.15, 0.2) is 46.7 Å². The molecule has 1 aromatic heterocycles. The molecule has 2 aromatic carbocycles. The number of anilines is 3. The van der Waals surface area contributed by atoms with Crippen molar-refractivity contribution in [3.8, 4) is 17.0 Å². The van der Waals surface area contributed by atoms with E-state index in [1.165, 1.54) is 29.2 Å². The summed E-state index contributed by atoms with van der Waals surface area (Å²) < 4.78 is 33.9. The van der Waals surface area contributed by atoms with E-state index in [4.69, 9.17) is 4.74 Å². The number of carbonyl (C=O) groups is 2. The second-order valence-electron chi connectivity index (χ2n) is 7.78. The molecule has 0 fully saturated rings. The van der Waals surface area contributed by atoms with E-state index in [0.717, 1.165) is 16.8 Å². The van der Waals surface area contributed by atoms with E-state index in [2.05, 4.69) is 9.71 Å². The van der Waals surface area contributed by atoms with Crippen LogP contribution in [-0.2, 0) is 26.0 Å². The van der Waals surface area contributed by atoms with Gasteiger partial charge in [-0.2, -0.15) is 0 Å². The molecule has 0 saturated carbocycles. The molecule has 9 nitrogen and oxygen atoms in total. The molecule has 0 radical (unpaired) electrons. The van der Waals surface area contributed by atoms with Crippen molar-refractivity contribution in [3.05, 3.63) is 47.3 Å². The summed E-state index contributed by atoms with van der Waals surface area (Å²) >= 11 is 1.17. The molecule has 3 heterocycles. The third kappa shape index (κ3) is 3.83. The molecule has 0 unspecified atom stereocenters. The minimum absolute atomic E-state index is 0.000945. The van der Waals surface area contributed by atoms with Crippen LogP contribution in [0, 0.1) is 0 Å². The van der Waals surface area contributed by atoms with Gasteiger partial charge in [0.2, 0.25) is 5.91 Å². The monoisotopic (exact) mass is 484 g/mol. The Kier molecular flexibility index (Phi) is 5.09. The van der Waals surface area contributed by atoms with E-state index in [-0.39, 0.29) is 28.4 Å². The SMILES string of the molecule is CC(=O)N1CCc2cc(S(=O)(=O)Nc3nc(-c4ccc5c(c4)N(C)C(=O)CO5)cs3)ccc21. The number of likely N-dealkylation sites (N-methyl/N-ethyl adjacent to an activating group) is 1. The van der Waals surface area contributed by atoms with Crippen LogP contribution in [0.5, 0.6) is 5.75 Å². The molecule has 2 aliphatic rings. The average molecular weight is 485 g/mol. The first-order valence-corrected chi connectivity index (χ1v) is 12.5. The number of aromatic nitrogens is 1. The minimum atomic E-state index is -3.85. The molecular weight excluding hydrogens is 464 g/mol. The Bertz CT molecular complexity index is 1400. The van der Waals surface area contributed by atoms with E-state index in [0.29, 0.717) is 30.1 Å². The maximum absolute atomic E-state index is 12.9. The van der Waals surface area contributed by atoms with Crippen LogP contribution in [0.2, 0.25) is 0 Å². The van der Waals surface area contributed by atoms with Gasteiger partial charge in [0.1, 0.15) is 5.75 Å². The van der Waals surface area contributed by atoms with Crippen LogP contribution < -0.4 is 19.3 Å². The number of hydrogen-bond donors (Lipinski definition) is 1. The lowest BCUT2D eigenvalue weighted by Crippen LogP contribution is -2.35. The molecule has 2 aliphatic heterocycles. The lowest BCUT2D eigenvalue weighted by atomic mass is 10.1. The fourth-order valence-electron chi connectivity index (χ4n) is 3.93. The van der Waals surface area contributed by atoms with Gasteiger partial charge >= 0.3 is 0 Å². The van der Waals surface area contributed by atoms with E-state index < -0.39 is 10.0 Å². The van der Waals surface area contributed by atoms with Crippen LogP contribution in [0.1, 0.15) is 12.5 Å². The van der Waals surface area contributed by atoms with Crippen LogP contribution in [0.25, 0.3) is 11.3 Å². The van der Waals surface area contributed by atoms with E-state index in [1.807, 2.05) is 6.07 Å². The maximum atomic E-state index is 12.9. The van der Waals surface area contributed by atoms with Gasteiger partial charge in [-0.05, 0) is 48.4 Å². The van der Waals surface area contributed by atoms with Crippen molar-refractivity contribution in [1.82, 2.24) is 4.98 Å². The number of nitrogens with zero attached hydrogens (tertiary/aromatic N) is 3. The Morgan fingerprint density at radius 3 is 2.79 bits per heavy atom. The Morgan fingerprint density at radius 2 is 2.00 bits per heavy atom. The number of rotatable bonds is 4. The number of ether oxygens (including phenoxy) is 1. The number of nitrogens with one attached hydrogen (secondary N) is 1. The van der Waals surface area contributed by atoms with E-state index in [9.17, 15) is 18.0 Å². The van der Waals surface area contributed by atoms with Crippen molar-refractivity contribution in [2.24, 2.45) is 0 Å². The van der Waals surface area contributed by atoms with Crippen molar-refractivity contribution >= 4 is 49.7 Å². The normalized spacial score (nSPS) is 15.2. The molecule has 170 valence electrons. The third-order valence-corrected chi connectivity index (χ3v) is 7.93. The van der Waals surface area contributed by atoms with Gasteiger partial charge in [-0.25, -0.2) is 13.4 Å². The number of amides is 2. The summed E-state index contributed by atoms with van der Waals surface area (Å²) in [5.41, 5.74) is 3.53. The van der Waals surface area contributed by atoms with Gasteiger partial charge in [0.15, 0.2) is 11.7 Å². The Morgan fingerprint density at radius 1 is 1.18 bits per heavy atom. The second-order valence-corrected chi connectivity index (χ2v) is 10.3. The molecule has 0 bridgehead atoms. The summed E-state index contributed by atoms with van der Waals surface area (Å²) in [6.45, 7) is 2.04. The quantitative estimate of drug-likeness (QED) is 0.610. The van der Waals surface area contributed by atoms with Crippen molar-refractivity contribution < 1.29 is 22.7 Å². The summed E-state index contributed by atoms with van der Waals surface area (Å²) in [5.74, 6) is 0.395. The Hall–Kier alpha value is -3.44. The zero-order valence-corrected chi connectivity index (χ0v) is 19.5. The van der Waals surface area contributed by atoms with E-state index >= 15 is 0 Å². The molecule has 0 spiro atoms. The first-order valence-electron chi connectivity index (χ1n) is 10.2. The standard InChI is InChI=1S/C22H20N4O5S2/c1-13(27)26-8-7-15-9-16(4-5-18(15)26)33(29,30)24-22-23-17(12-32-22)14-3-6-20-19(10-14)25(2)21(28)11-31-20/h3-6,9-10,12H,7-8,11H2,1-2H3,(H,23,24). The summed E-state index contributed by atoms with van der Waals surface area (Å²) in [5, 5.41) is 1.98. The van der Waals surface area contributed by atoms with Crippen molar-refractivity contribution in [1.29, 1.82) is 0 Å². The molecule has 33 heavy (non-hydrogen) atoms. The summed E-state index contributed by atoms with van der Waals surface area (Å²) in [6.07, 6.45) is 0.610. The van der Waals surface area contributed by atoms with Gasteiger partial charge in [-0.3, -0.25) is 14.3 Å².